The van der Waals surface area contributed by atoms with E-state index >= 15 is 0 Å². The van der Waals surface area contributed by atoms with Gasteiger partial charge in [0, 0.05) is 0 Å². The van der Waals surface area contributed by atoms with Gasteiger partial charge in [0.25, 0.3) is 0 Å². The zero-order chi connectivity index (χ0) is 10.3. The third-order valence-corrected chi connectivity index (χ3v) is 2.96. The van der Waals surface area contributed by atoms with Crippen molar-refractivity contribution in [3.8, 4) is 0 Å². The van der Waals surface area contributed by atoms with E-state index in [0.29, 0.717) is 16.7 Å². The molecule has 0 radical (unpaired) electrons. The minimum Gasteiger partial charge on any atom is -0.293 e. The Labute approximate surface area is 95.1 Å². The molecule has 74 valence electrons. The quantitative estimate of drug-likeness (QED) is 0.715. The minimum absolute atomic E-state index is 0.381. The van der Waals surface area contributed by atoms with Crippen molar-refractivity contribution in [2.24, 2.45) is 4.40 Å². The summed E-state index contributed by atoms with van der Waals surface area (Å²) >= 11 is 7.09. The molecule has 0 spiro atoms. The molecule has 0 amide bonds. The number of aromatic nitrogens is 2. The van der Waals surface area contributed by atoms with Crippen molar-refractivity contribution in [1.82, 2.24) is 9.97 Å². The highest BCUT2D eigenvalue weighted by Gasteiger charge is 2.16. The van der Waals surface area contributed by atoms with E-state index in [2.05, 4.69) is 19.1 Å². The SMILES string of the molecule is ClC1=NSNc2nc3ccccc3nc21. The molecule has 0 unspecified atom stereocenters. The molecule has 15 heavy (non-hydrogen) atoms. The third kappa shape index (κ3) is 1.44. The average molecular weight is 237 g/mol. The Balaban J connectivity index is 2.34. The van der Waals surface area contributed by atoms with Gasteiger partial charge in [0.2, 0.25) is 0 Å². The summed E-state index contributed by atoms with van der Waals surface area (Å²) in [5.41, 5.74) is 2.27. The Morgan fingerprint density at radius 1 is 1.13 bits per heavy atom. The Hall–Kier alpha value is -1.33. The Bertz CT molecular complexity index is 569. The molecule has 1 aromatic carbocycles. The first-order valence-corrected chi connectivity index (χ1v) is 5.42. The number of para-hydroxylation sites is 2. The topological polar surface area (TPSA) is 50.2 Å². The summed E-state index contributed by atoms with van der Waals surface area (Å²) in [6.07, 6.45) is 0. The number of halogens is 1. The highest BCUT2D eigenvalue weighted by Crippen LogP contribution is 2.26. The highest BCUT2D eigenvalue weighted by molar-refractivity contribution is 7.99. The summed E-state index contributed by atoms with van der Waals surface area (Å²) in [7, 11) is 0. The third-order valence-electron chi connectivity index (χ3n) is 2.03. The minimum atomic E-state index is 0.381. The molecule has 0 saturated carbocycles. The first kappa shape index (κ1) is 8.94. The molecule has 1 aromatic heterocycles. The molecule has 0 saturated heterocycles. The molecule has 0 fully saturated rings. The predicted molar refractivity (Wildman–Crippen MR) is 63.1 cm³/mol. The van der Waals surface area contributed by atoms with E-state index in [1.807, 2.05) is 24.3 Å². The maximum absolute atomic E-state index is 5.93. The second-order valence-corrected chi connectivity index (χ2v) is 3.91. The van der Waals surface area contributed by atoms with E-state index in [4.69, 9.17) is 11.6 Å². The van der Waals surface area contributed by atoms with Crippen LogP contribution >= 0.6 is 23.7 Å². The number of fused-ring (bicyclic) bond motifs is 2. The normalized spacial score (nSPS) is 14.3. The predicted octanol–water partition coefficient (Wildman–Crippen LogP) is 2.60. The van der Waals surface area contributed by atoms with Gasteiger partial charge in [-0.05, 0) is 12.1 Å². The molecule has 4 nitrogen and oxygen atoms in total. The molecule has 3 rings (SSSR count). The highest BCUT2D eigenvalue weighted by atomic mass is 35.5. The Kier molecular flexibility index (Phi) is 2.00. The van der Waals surface area contributed by atoms with Crippen LogP contribution in [0.1, 0.15) is 5.69 Å². The number of anilines is 1. The fraction of sp³-hybridized carbons (Fsp3) is 0. The Morgan fingerprint density at radius 2 is 1.87 bits per heavy atom. The van der Waals surface area contributed by atoms with Crippen molar-refractivity contribution < 1.29 is 0 Å². The zero-order valence-corrected chi connectivity index (χ0v) is 9.01. The maximum Gasteiger partial charge on any atom is 0.168 e. The van der Waals surface area contributed by atoms with Gasteiger partial charge in [-0.1, -0.05) is 23.7 Å². The summed E-state index contributed by atoms with van der Waals surface area (Å²) in [6.45, 7) is 0. The number of benzene rings is 1. The summed E-state index contributed by atoms with van der Waals surface area (Å²) in [5, 5.41) is 0.381. The first-order valence-electron chi connectivity index (χ1n) is 4.27. The molecule has 0 atom stereocenters. The van der Waals surface area contributed by atoms with Gasteiger partial charge in [0.1, 0.15) is 5.69 Å². The van der Waals surface area contributed by atoms with Gasteiger partial charge in [-0.2, -0.15) is 4.40 Å². The molecule has 1 aliphatic rings. The second-order valence-electron chi connectivity index (χ2n) is 2.98. The van der Waals surface area contributed by atoms with Crippen LogP contribution in [0.3, 0.4) is 0 Å². The molecular weight excluding hydrogens is 232 g/mol. The average Bonchev–Trinajstić information content (AvgIpc) is 2.27. The van der Waals surface area contributed by atoms with Crippen molar-refractivity contribution >= 4 is 45.8 Å². The van der Waals surface area contributed by atoms with Gasteiger partial charge in [-0.15, -0.1) is 0 Å². The van der Waals surface area contributed by atoms with Crippen molar-refractivity contribution in [2.45, 2.75) is 0 Å². The van der Waals surface area contributed by atoms with Gasteiger partial charge in [-0.25, -0.2) is 9.97 Å². The lowest BCUT2D eigenvalue weighted by atomic mass is 10.3. The summed E-state index contributed by atoms with van der Waals surface area (Å²) in [4.78, 5) is 8.80. The van der Waals surface area contributed by atoms with Crippen LogP contribution in [0.2, 0.25) is 0 Å². The van der Waals surface area contributed by atoms with Crippen LogP contribution in [0, 0.1) is 0 Å². The van der Waals surface area contributed by atoms with Crippen molar-refractivity contribution in [1.29, 1.82) is 0 Å². The van der Waals surface area contributed by atoms with E-state index in [0.717, 1.165) is 23.2 Å². The molecule has 2 heterocycles. The lowest BCUT2D eigenvalue weighted by Gasteiger charge is -2.11. The molecule has 6 heteroatoms. The monoisotopic (exact) mass is 236 g/mol. The van der Waals surface area contributed by atoms with Gasteiger partial charge < -0.3 is 0 Å². The van der Waals surface area contributed by atoms with Crippen LogP contribution in [0.25, 0.3) is 11.0 Å². The maximum atomic E-state index is 5.93. The van der Waals surface area contributed by atoms with E-state index in [9.17, 15) is 0 Å². The van der Waals surface area contributed by atoms with E-state index in [1.54, 1.807) is 0 Å². The van der Waals surface area contributed by atoms with Crippen LogP contribution in [0.4, 0.5) is 5.82 Å². The van der Waals surface area contributed by atoms with E-state index < -0.39 is 0 Å². The lowest BCUT2D eigenvalue weighted by molar-refractivity contribution is 1.27. The number of nitrogens with one attached hydrogen (secondary N) is 1. The van der Waals surface area contributed by atoms with Crippen LogP contribution < -0.4 is 4.72 Å². The second kappa shape index (κ2) is 3.36. The van der Waals surface area contributed by atoms with Crippen LogP contribution in [0.5, 0.6) is 0 Å². The van der Waals surface area contributed by atoms with Crippen LogP contribution in [0.15, 0.2) is 28.7 Å². The van der Waals surface area contributed by atoms with E-state index in [-0.39, 0.29) is 0 Å². The smallest absolute Gasteiger partial charge is 0.168 e. The number of nitrogens with zero attached hydrogens (tertiary/aromatic N) is 3. The number of hydrogen-bond acceptors (Lipinski definition) is 5. The molecule has 0 aliphatic carbocycles. The zero-order valence-electron chi connectivity index (χ0n) is 7.44. The van der Waals surface area contributed by atoms with Gasteiger partial charge in [0.15, 0.2) is 11.0 Å². The number of hydrogen-bond donors (Lipinski definition) is 1. The van der Waals surface area contributed by atoms with Crippen molar-refractivity contribution in [3.05, 3.63) is 30.0 Å². The molecule has 1 aliphatic heterocycles. The van der Waals surface area contributed by atoms with E-state index in [1.165, 1.54) is 0 Å². The van der Waals surface area contributed by atoms with Crippen LogP contribution in [-0.4, -0.2) is 15.1 Å². The van der Waals surface area contributed by atoms with Crippen molar-refractivity contribution in [3.63, 3.8) is 0 Å². The van der Waals surface area contributed by atoms with Crippen molar-refractivity contribution in [2.75, 3.05) is 4.72 Å². The molecular formula is C9H5ClN4S. The molecule has 2 aromatic rings. The van der Waals surface area contributed by atoms with Gasteiger partial charge in [-0.3, -0.25) is 4.72 Å². The fourth-order valence-corrected chi connectivity index (χ4v) is 2.04. The molecule has 0 bridgehead atoms. The van der Waals surface area contributed by atoms with Gasteiger partial charge in [0.05, 0.1) is 23.2 Å². The summed E-state index contributed by atoms with van der Waals surface area (Å²) in [5.74, 6) is 0.665. The fourth-order valence-electron chi connectivity index (χ4n) is 1.36. The summed E-state index contributed by atoms with van der Waals surface area (Å²) in [6, 6.07) is 7.65. The largest absolute Gasteiger partial charge is 0.293 e. The standard InChI is InChI=1S/C9H5ClN4S/c10-8-7-9(14-15-13-8)12-6-4-2-1-3-5(6)11-7/h1-4H,(H,12,14). The van der Waals surface area contributed by atoms with Gasteiger partial charge >= 0.3 is 0 Å². The first-order chi connectivity index (χ1) is 7.34. The molecule has 1 N–H and O–H groups in total. The Morgan fingerprint density at radius 3 is 2.67 bits per heavy atom. The summed E-state index contributed by atoms with van der Waals surface area (Å²) < 4.78 is 6.92. The van der Waals surface area contributed by atoms with Crippen LogP contribution in [-0.2, 0) is 0 Å². The number of rotatable bonds is 0. The lowest BCUT2D eigenvalue weighted by Crippen LogP contribution is -2.08.